The van der Waals surface area contributed by atoms with Gasteiger partial charge in [0.1, 0.15) is 0 Å². The van der Waals surface area contributed by atoms with Gasteiger partial charge in [0, 0.05) is 6.42 Å². The molecule has 0 aromatic heterocycles. The van der Waals surface area contributed by atoms with Gasteiger partial charge in [-0.25, -0.2) is 0 Å². The van der Waals surface area contributed by atoms with E-state index in [4.69, 9.17) is 4.74 Å². The fourth-order valence-corrected chi connectivity index (χ4v) is 1.81. The molecule has 1 heterocycles. The molecule has 0 saturated carbocycles. The highest BCUT2D eigenvalue weighted by atomic mass is 16.5. The minimum atomic E-state index is -0.627. The molecule has 0 aromatic carbocycles. The number of aliphatic hydroxyl groups excluding tert-OH is 2. The van der Waals surface area contributed by atoms with E-state index in [2.05, 4.69) is 6.58 Å². The van der Waals surface area contributed by atoms with Crippen LogP contribution < -0.4 is 0 Å². The predicted octanol–water partition coefficient (Wildman–Crippen LogP) is 1.41. The Hall–Kier alpha value is -0.640. The Morgan fingerprint density at radius 3 is 2.87 bits per heavy atom. The van der Waals surface area contributed by atoms with Crippen LogP contribution in [0.25, 0.3) is 0 Å². The van der Waals surface area contributed by atoms with E-state index in [0.29, 0.717) is 12.8 Å². The minimum absolute atomic E-state index is 0.333. The number of aliphatic hydroxyl groups is 2. The smallest absolute Gasteiger partial charge is 0.0985 e. The molecule has 3 heteroatoms. The van der Waals surface area contributed by atoms with Crippen molar-refractivity contribution in [3.63, 3.8) is 0 Å². The standard InChI is InChI=1S/C12H20O3/c1-4-6-12(3)7-5-10(14)11(15-12)8-9(2)13/h4-5,7,9-11,13-14H,1,6,8H2,2-3H3/t9-,10+,11+,12+/m1/s1. The third kappa shape index (κ3) is 3.45. The molecule has 0 unspecified atom stereocenters. The second-order valence-electron chi connectivity index (χ2n) is 4.40. The van der Waals surface area contributed by atoms with Crippen LogP contribution in [0.15, 0.2) is 24.8 Å². The van der Waals surface area contributed by atoms with E-state index < -0.39 is 17.8 Å². The molecule has 0 fully saturated rings. The van der Waals surface area contributed by atoms with Gasteiger partial charge < -0.3 is 14.9 Å². The molecule has 3 nitrogen and oxygen atoms in total. The van der Waals surface area contributed by atoms with E-state index in [1.165, 1.54) is 0 Å². The zero-order valence-corrected chi connectivity index (χ0v) is 9.39. The van der Waals surface area contributed by atoms with Crippen molar-refractivity contribution in [1.29, 1.82) is 0 Å². The number of rotatable bonds is 4. The third-order valence-corrected chi connectivity index (χ3v) is 2.57. The summed E-state index contributed by atoms with van der Waals surface area (Å²) in [5, 5.41) is 19.0. The molecule has 2 N–H and O–H groups in total. The number of hydrogen-bond donors (Lipinski definition) is 2. The average molecular weight is 212 g/mol. The molecular weight excluding hydrogens is 192 g/mol. The molecule has 0 aromatic rings. The van der Waals surface area contributed by atoms with E-state index in [9.17, 15) is 10.2 Å². The van der Waals surface area contributed by atoms with Crippen molar-refractivity contribution >= 4 is 0 Å². The molecule has 15 heavy (non-hydrogen) atoms. The van der Waals surface area contributed by atoms with E-state index in [-0.39, 0.29) is 6.10 Å². The largest absolute Gasteiger partial charge is 0.393 e. The van der Waals surface area contributed by atoms with Gasteiger partial charge in [0.05, 0.1) is 23.9 Å². The van der Waals surface area contributed by atoms with Crippen LogP contribution in [0.2, 0.25) is 0 Å². The lowest BCUT2D eigenvalue weighted by Gasteiger charge is -2.37. The quantitative estimate of drug-likeness (QED) is 0.693. The average Bonchev–Trinajstić information content (AvgIpc) is 2.11. The SMILES string of the molecule is C=CC[C@@]1(C)C=C[C@H](O)[C@H](C[C@@H](C)O)O1. The summed E-state index contributed by atoms with van der Waals surface area (Å²) >= 11 is 0. The molecule has 1 aliphatic rings. The molecule has 0 bridgehead atoms. The molecule has 0 amide bonds. The fraction of sp³-hybridized carbons (Fsp3) is 0.667. The highest BCUT2D eigenvalue weighted by Crippen LogP contribution is 2.28. The van der Waals surface area contributed by atoms with Crippen LogP contribution in [0.3, 0.4) is 0 Å². The van der Waals surface area contributed by atoms with E-state index in [1.807, 2.05) is 13.0 Å². The topological polar surface area (TPSA) is 49.7 Å². The van der Waals surface area contributed by atoms with Gasteiger partial charge in [-0.1, -0.05) is 18.2 Å². The summed E-state index contributed by atoms with van der Waals surface area (Å²) in [5.74, 6) is 0. The van der Waals surface area contributed by atoms with Crippen molar-refractivity contribution in [2.45, 2.75) is 50.6 Å². The molecule has 4 atom stereocenters. The van der Waals surface area contributed by atoms with Gasteiger partial charge in [0.2, 0.25) is 0 Å². The zero-order chi connectivity index (χ0) is 11.5. The highest BCUT2D eigenvalue weighted by Gasteiger charge is 2.33. The summed E-state index contributed by atoms with van der Waals surface area (Å²) in [5.41, 5.74) is -0.402. The molecule has 0 radical (unpaired) electrons. The van der Waals surface area contributed by atoms with Gasteiger partial charge in [-0.2, -0.15) is 0 Å². The van der Waals surface area contributed by atoms with Crippen molar-refractivity contribution in [3.05, 3.63) is 24.8 Å². The molecule has 0 spiro atoms. The van der Waals surface area contributed by atoms with Gasteiger partial charge in [0.15, 0.2) is 0 Å². The monoisotopic (exact) mass is 212 g/mol. The Kier molecular flexibility index (Phi) is 4.08. The van der Waals surface area contributed by atoms with Crippen LogP contribution in [0.5, 0.6) is 0 Å². The summed E-state index contributed by atoms with van der Waals surface area (Å²) in [6.45, 7) is 7.32. The Morgan fingerprint density at radius 1 is 1.67 bits per heavy atom. The third-order valence-electron chi connectivity index (χ3n) is 2.57. The summed E-state index contributed by atoms with van der Waals surface area (Å²) in [4.78, 5) is 0. The Morgan fingerprint density at radius 2 is 2.33 bits per heavy atom. The van der Waals surface area contributed by atoms with Crippen molar-refractivity contribution in [3.8, 4) is 0 Å². The Bertz CT molecular complexity index is 247. The van der Waals surface area contributed by atoms with Gasteiger partial charge in [-0.05, 0) is 20.3 Å². The van der Waals surface area contributed by atoms with Gasteiger partial charge in [-0.15, -0.1) is 6.58 Å². The highest BCUT2D eigenvalue weighted by molar-refractivity contribution is 5.10. The first-order valence-corrected chi connectivity index (χ1v) is 5.31. The van der Waals surface area contributed by atoms with Gasteiger partial charge in [0.25, 0.3) is 0 Å². The molecule has 86 valence electrons. The lowest BCUT2D eigenvalue weighted by Crippen LogP contribution is -2.43. The maximum atomic E-state index is 9.67. The molecule has 0 aliphatic carbocycles. The van der Waals surface area contributed by atoms with Crippen molar-refractivity contribution < 1.29 is 14.9 Å². The summed E-state index contributed by atoms with van der Waals surface area (Å²) < 4.78 is 5.77. The summed E-state index contributed by atoms with van der Waals surface area (Å²) in [7, 11) is 0. The first-order chi connectivity index (χ1) is 6.97. The molecular formula is C12H20O3. The molecule has 1 rings (SSSR count). The van der Waals surface area contributed by atoms with Crippen LogP contribution in [-0.4, -0.2) is 34.1 Å². The first kappa shape index (κ1) is 12.4. The normalized spacial score (nSPS) is 37.6. The van der Waals surface area contributed by atoms with Crippen molar-refractivity contribution in [1.82, 2.24) is 0 Å². The van der Waals surface area contributed by atoms with Crippen LogP contribution in [0, 0.1) is 0 Å². The first-order valence-electron chi connectivity index (χ1n) is 5.31. The Labute approximate surface area is 91.1 Å². The van der Waals surface area contributed by atoms with Crippen LogP contribution >= 0.6 is 0 Å². The maximum absolute atomic E-state index is 9.67. The van der Waals surface area contributed by atoms with Crippen molar-refractivity contribution in [2.24, 2.45) is 0 Å². The lowest BCUT2D eigenvalue weighted by molar-refractivity contribution is -0.116. The molecule has 1 aliphatic heterocycles. The summed E-state index contributed by atoms with van der Waals surface area (Å²) in [6.07, 6.45) is 5.10. The lowest BCUT2D eigenvalue weighted by atomic mass is 9.94. The van der Waals surface area contributed by atoms with Crippen LogP contribution in [-0.2, 0) is 4.74 Å². The van der Waals surface area contributed by atoms with E-state index in [0.717, 1.165) is 0 Å². The molecule has 0 saturated heterocycles. The fourth-order valence-electron chi connectivity index (χ4n) is 1.81. The van der Waals surface area contributed by atoms with Gasteiger partial charge in [-0.3, -0.25) is 0 Å². The van der Waals surface area contributed by atoms with E-state index >= 15 is 0 Å². The van der Waals surface area contributed by atoms with Crippen LogP contribution in [0.1, 0.15) is 26.7 Å². The number of hydrogen-bond acceptors (Lipinski definition) is 3. The maximum Gasteiger partial charge on any atom is 0.0985 e. The summed E-state index contributed by atoms with van der Waals surface area (Å²) in [6, 6.07) is 0. The minimum Gasteiger partial charge on any atom is -0.393 e. The zero-order valence-electron chi connectivity index (χ0n) is 9.39. The van der Waals surface area contributed by atoms with E-state index in [1.54, 1.807) is 19.1 Å². The predicted molar refractivity (Wildman–Crippen MR) is 59.5 cm³/mol. The number of ether oxygens (including phenoxy) is 1. The van der Waals surface area contributed by atoms with Crippen molar-refractivity contribution in [2.75, 3.05) is 0 Å². The Balaban J connectivity index is 2.68. The second-order valence-corrected chi connectivity index (χ2v) is 4.40. The van der Waals surface area contributed by atoms with Gasteiger partial charge >= 0.3 is 0 Å². The second kappa shape index (κ2) is 4.92. The van der Waals surface area contributed by atoms with Crippen LogP contribution in [0.4, 0.5) is 0 Å².